The summed E-state index contributed by atoms with van der Waals surface area (Å²) in [4.78, 5) is 7.22. The molecule has 0 bridgehead atoms. The summed E-state index contributed by atoms with van der Waals surface area (Å²) in [5, 5.41) is 1.03. The number of halogens is 3. The summed E-state index contributed by atoms with van der Waals surface area (Å²) >= 11 is 0. The van der Waals surface area contributed by atoms with E-state index in [1.165, 1.54) is 6.20 Å². The topological polar surface area (TPSA) is 47.1 Å². The molecule has 7 heteroatoms. The Bertz CT molecular complexity index is 810. The number of aromatic nitrogens is 2. The molecule has 0 aliphatic carbocycles. The number of hydrogen-bond donors (Lipinski definition) is 1. The molecule has 2 aromatic heterocycles. The van der Waals surface area contributed by atoms with Gasteiger partial charge in [0.25, 0.3) is 5.88 Å². The number of aromatic amines is 1. The number of pyridine rings is 1. The number of hydrogen-bond acceptors (Lipinski definition) is 3. The molecule has 24 heavy (non-hydrogen) atoms. The summed E-state index contributed by atoms with van der Waals surface area (Å²) in [6.07, 6.45) is -2.97. The first-order chi connectivity index (χ1) is 11.5. The number of rotatable bonds is 5. The molecule has 1 aromatic carbocycles. The highest BCUT2D eigenvalue weighted by Crippen LogP contribution is 2.32. The second-order valence-corrected chi connectivity index (χ2v) is 5.13. The van der Waals surface area contributed by atoms with E-state index in [0.717, 1.165) is 16.6 Å². The fourth-order valence-electron chi connectivity index (χ4n) is 2.33. The van der Waals surface area contributed by atoms with Crippen LogP contribution in [0, 0.1) is 0 Å². The number of nitrogens with one attached hydrogen (secondary N) is 1. The van der Waals surface area contributed by atoms with Crippen molar-refractivity contribution in [2.45, 2.75) is 13.1 Å². The number of nitrogens with zero attached hydrogens (tertiary/aromatic N) is 1. The van der Waals surface area contributed by atoms with E-state index in [-0.39, 0.29) is 11.6 Å². The summed E-state index contributed by atoms with van der Waals surface area (Å²) in [5.74, 6) is 0.00643. The van der Waals surface area contributed by atoms with Crippen molar-refractivity contribution >= 4 is 10.9 Å². The van der Waals surface area contributed by atoms with Gasteiger partial charge < -0.3 is 14.5 Å². The average molecular weight is 336 g/mol. The zero-order chi connectivity index (χ0) is 17.2. The highest BCUT2D eigenvalue weighted by Gasteiger charge is 2.29. The van der Waals surface area contributed by atoms with Crippen molar-refractivity contribution in [1.29, 1.82) is 0 Å². The summed E-state index contributed by atoms with van der Waals surface area (Å²) in [6.45, 7) is 0.620. The third-order valence-corrected chi connectivity index (χ3v) is 3.33. The van der Waals surface area contributed by atoms with E-state index in [0.29, 0.717) is 12.2 Å². The average Bonchev–Trinajstić information content (AvgIpc) is 2.97. The van der Waals surface area contributed by atoms with Gasteiger partial charge in [0.1, 0.15) is 0 Å². The largest absolute Gasteiger partial charge is 0.488 e. The molecule has 0 aliphatic heterocycles. The molecule has 4 nitrogen and oxygen atoms in total. The lowest BCUT2D eigenvalue weighted by atomic mass is 10.2. The van der Waals surface area contributed by atoms with Crippen molar-refractivity contribution in [3.05, 3.63) is 42.6 Å². The maximum atomic E-state index is 12.3. The molecule has 2 heterocycles. The minimum absolute atomic E-state index is 0.172. The normalized spacial score (nSPS) is 11.7. The quantitative estimate of drug-likeness (QED) is 0.742. The number of alkyl halides is 3. The number of benzene rings is 1. The zero-order valence-electron chi connectivity index (χ0n) is 12.9. The van der Waals surface area contributed by atoms with Gasteiger partial charge in [-0.1, -0.05) is 18.2 Å². The number of fused-ring (bicyclic) bond motifs is 1. The second-order valence-electron chi connectivity index (χ2n) is 5.13. The molecule has 0 aliphatic rings. The van der Waals surface area contributed by atoms with E-state index >= 15 is 0 Å². The van der Waals surface area contributed by atoms with Gasteiger partial charge in [0.05, 0.1) is 6.61 Å². The zero-order valence-corrected chi connectivity index (χ0v) is 12.9. The third-order valence-electron chi connectivity index (χ3n) is 3.33. The van der Waals surface area contributed by atoms with Crippen molar-refractivity contribution in [1.82, 2.24) is 9.97 Å². The molecule has 126 valence electrons. The molecular formula is C17H15F3N2O2. The Hall–Kier alpha value is -2.70. The first kappa shape index (κ1) is 16.2. The minimum atomic E-state index is -4.43. The lowest BCUT2D eigenvalue weighted by Crippen LogP contribution is -2.20. The van der Waals surface area contributed by atoms with E-state index in [4.69, 9.17) is 9.47 Å². The van der Waals surface area contributed by atoms with Crippen LogP contribution in [0.5, 0.6) is 11.6 Å². The van der Waals surface area contributed by atoms with Crippen LogP contribution in [0.2, 0.25) is 0 Å². The third kappa shape index (κ3) is 3.61. The highest BCUT2D eigenvalue weighted by atomic mass is 19.4. The van der Waals surface area contributed by atoms with E-state index in [9.17, 15) is 13.2 Å². The van der Waals surface area contributed by atoms with Gasteiger partial charge in [-0.05, 0) is 25.1 Å². The van der Waals surface area contributed by atoms with E-state index in [1.807, 2.05) is 30.3 Å². The monoisotopic (exact) mass is 336 g/mol. The molecule has 0 saturated heterocycles. The molecular weight excluding hydrogens is 321 g/mol. The van der Waals surface area contributed by atoms with Crippen LogP contribution in [-0.2, 0) is 0 Å². The lowest BCUT2D eigenvalue weighted by Gasteiger charge is -2.13. The summed E-state index contributed by atoms with van der Waals surface area (Å²) in [7, 11) is 0. The van der Waals surface area contributed by atoms with Crippen LogP contribution < -0.4 is 9.47 Å². The van der Waals surface area contributed by atoms with Crippen molar-refractivity contribution < 1.29 is 22.6 Å². The predicted octanol–water partition coefficient (Wildman–Crippen LogP) is 4.57. The molecule has 0 atom stereocenters. The number of para-hydroxylation sites is 1. The van der Waals surface area contributed by atoms with Crippen LogP contribution in [0.4, 0.5) is 13.2 Å². The number of H-pyrrole nitrogens is 1. The Balaban J connectivity index is 1.93. The maximum absolute atomic E-state index is 12.3. The molecule has 0 spiro atoms. The van der Waals surface area contributed by atoms with Crippen LogP contribution in [0.3, 0.4) is 0 Å². The Labute approximate surface area is 136 Å². The van der Waals surface area contributed by atoms with Crippen molar-refractivity contribution in [2.75, 3.05) is 13.2 Å². The number of ether oxygens (including phenoxy) is 2. The lowest BCUT2D eigenvalue weighted by molar-refractivity contribution is -0.154. The fraction of sp³-hybridized carbons (Fsp3) is 0.235. The Morgan fingerprint density at radius 1 is 1.12 bits per heavy atom. The van der Waals surface area contributed by atoms with Crippen LogP contribution in [-0.4, -0.2) is 29.4 Å². The standard InChI is InChI=1S/C17H15F3N2O2/c1-2-23-15-8-12(9-21-16(15)24-10-17(18,19)20)14-7-11-5-3-4-6-13(11)22-14/h3-9,22H,2,10H2,1H3. The van der Waals surface area contributed by atoms with Crippen molar-refractivity contribution in [3.63, 3.8) is 0 Å². The van der Waals surface area contributed by atoms with Crippen LogP contribution >= 0.6 is 0 Å². The maximum Gasteiger partial charge on any atom is 0.422 e. The van der Waals surface area contributed by atoms with Gasteiger partial charge in [0, 0.05) is 28.4 Å². The minimum Gasteiger partial charge on any atom is -0.488 e. The van der Waals surface area contributed by atoms with Crippen molar-refractivity contribution in [2.24, 2.45) is 0 Å². The Morgan fingerprint density at radius 3 is 2.62 bits per heavy atom. The molecule has 0 saturated carbocycles. The Morgan fingerprint density at radius 2 is 1.92 bits per heavy atom. The van der Waals surface area contributed by atoms with Gasteiger partial charge in [-0.25, -0.2) is 4.98 Å². The molecule has 3 rings (SSSR count). The van der Waals surface area contributed by atoms with Crippen molar-refractivity contribution in [3.8, 4) is 22.9 Å². The predicted molar refractivity (Wildman–Crippen MR) is 84.2 cm³/mol. The molecule has 0 amide bonds. The summed E-state index contributed by atoms with van der Waals surface area (Å²) in [6, 6.07) is 11.3. The summed E-state index contributed by atoms with van der Waals surface area (Å²) < 4.78 is 47.1. The van der Waals surface area contributed by atoms with Gasteiger partial charge >= 0.3 is 6.18 Å². The SMILES string of the molecule is CCOc1cc(-c2cc3ccccc3[nH]2)cnc1OCC(F)(F)F. The molecule has 0 fully saturated rings. The smallest absolute Gasteiger partial charge is 0.422 e. The van der Waals surface area contributed by atoms with E-state index < -0.39 is 12.8 Å². The second kappa shape index (κ2) is 6.43. The molecule has 1 N–H and O–H groups in total. The molecule has 0 radical (unpaired) electrons. The highest BCUT2D eigenvalue weighted by molar-refractivity contribution is 5.85. The molecule has 3 aromatic rings. The van der Waals surface area contributed by atoms with Gasteiger partial charge in [-0.15, -0.1) is 0 Å². The van der Waals surface area contributed by atoms with Crippen LogP contribution in [0.15, 0.2) is 42.6 Å². The van der Waals surface area contributed by atoms with Gasteiger partial charge in [0.2, 0.25) is 0 Å². The Kier molecular flexibility index (Phi) is 4.33. The first-order valence-electron chi connectivity index (χ1n) is 7.37. The first-order valence-corrected chi connectivity index (χ1v) is 7.37. The summed E-state index contributed by atoms with van der Waals surface area (Å²) in [5.41, 5.74) is 2.46. The van der Waals surface area contributed by atoms with Gasteiger partial charge in [-0.3, -0.25) is 0 Å². The molecule has 0 unspecified atom stereocenters. The fourth-order valence-corrected chi connectivity index (χ4v) is 2.33. The van der Waals surface area contributed by atoms with Gasteiger partial charge in [0.15, 0.2) is 12.4 Å². The van der Waals surface area contributed by atoms with Crippen LogP contribution in [0.1, 0.15) is 6.92 Å². The van der Waals surface area contributed by atoms with E-state index in [1.54, 1.807) is 13.0 Å². The van der Waals surface area contributed by atoms with E-state index in [2.05, 4.69) is 9.97 Å². The van der Waals surface area contributed by atoms with Crippen LogP contribution in [0.25, 0.3) is 22.2 Å². The van der Waals surface area contributed by atoms with Gasteiger partial charge in [-0.2, -0.15) is 13.2 Å².